The third-order valence-electron chi connectivity index (χ3n) is 3.22. The molecule has 3 nitrogen and oxygen atoms in total. The predicted molar refractivity (Wildman–Crippen MR) is 59.0 cm³/mol. The van der Waals surface area contributed by atoms with Gasteiger partial charge in [0, 0.05) is 17.2 Å². The molecule has 1 aromatic rings. The van der Waals surface area contributed by atoms with E-state index in [4.69, 9.17) is 10.5 Å². The lowest BCUT2D eigenvalue weighted by atomic mass is 9.88. The normalized spacial score (nSPS) is 19.1. The first-order chi connectivity index (χ1) is 7.15. The Morgan fingerprint density at radius 2 is 2.00 bits per heavy atom. The minimum Gasteiger partial charge on any atom is -0.508 e. The zero-order chi connectivity index (χ0) is 10.9. The van der Waals surface area contributed by atoms with Crippen molar-refractivity contribution in [2.24, 2.45) is 5.73 Å². The van der Waals surface area contributed by atoms with Gasteiger partial charge in [0.2, 0.25) is 0 Å². The highest BCUT2D eigenvalue weighted by atomic mass is 16.5. The Morgan fingerprint density at radius 1 is 1.33 bits per heavy atom. The summed E-state index contributed by atoms with van der Waals surface area (Å²) in [6.07, 6.45) is 4.32. The molecule has 0 atom stereocenters. The third-order valence-corrected chi connectivity index (χ3v) is 3.22. The number of nitrogens with two attached hydrogens (primary N) is 1. The molecule has 0 heterocycles. The van der Waals surface area contributed by atoms with Crippen molar-refractivity contribution in [1.82, 2.24) is 0 Å². The van der Waals surface area contributed by atoms with Gasteiger partial charge in [0.15, 0.2) is 0 Å². The van der Waals surface area contributed by atoms with Gasteiger partial charge in [0.25, 0.3) is 0 Å². The van der Waals surface area contributed by atoms with Crippen molar-refractivity contribution in [1.29, 1.82) is 0 Å². The van der Waals surface area contributed by atoms with Crippen LogP contribution in [-0.4, -0.2) is 12.2 Å². The molecule has 0 saturated heterocycles. The monoisotopic (exact) mass is 207 g/mol. The van der Waals surface area contributed by atoms with Crippen LogP contribution in [0.4, 0.5) is 0 Å². The SMILES string of the molecule is COc1cc(O)ccc1C1(N)CCCC1. The van der Waals surface area contributed by atoms with Crippen molar-refractivity contribution < 1.29 is 9.84 Å². The van der Waals surface area contributed by atoms with Crippen molar-refractivity contribution in [3.63, 3.8) is 0 Å². The molecule has 15 heavy (non-hydrogen) atoms. The Morgan fingerprint density at radius 3 is 2.60 bits per heavy atom. The first kappa shape index (κ1) is 10.3. The Balaban J connectivity index is 2.42. The molecule has 1 aromatic carbocycles. The van der Waals surface area contributed by atoms with Gasteiger partial charge in [-0.3, -0.25) is 0 Å². The number of benzene rings is 1. The van der Waals surface area contributed by atoms with Gasteiger partial charge in [-0.2, -0.15) is 0 Å². The van der Waals surface area contributed by atoms with Crippen LogP contribution in [0.15, 0.2) is 18.2 Å². The molecule has 1 fully saturated rings. The zero-order valence-corrected chi connectivity index (χ0v) is 8.99. The van der Waals surface area contributed by atoms with E-state index in [2.05, 4.69) is 0 Å². The number of hydrogen-bond donors (Lipinski definition) is 2. The van der Waals surface area contributed by atoms with Crippen LogP contribution < -0.4 is 10.5 Å². The molecule has 1 saturated carbocycles. The van der Waals surface area contributed by atoms with Gasteiger partial charge < -0.3 is 15.6 Å². The van der Waals surface area contributed by atoms with E-state index in [0.29, 0.717) is 5.75 Å². The molecule has 3 N–H and O–H groups in total. The molecule has 2 rings (SSSR count). The van der Waals surface area contributed by atoms with Gasteiger partial charge in [0.05, 0.1) is 7.11 Å². The maximum absolute atomic E-state index is 9.37. The first-order valence-electron chi connectivity index (χ1n) is 5.32. The zero-order valence-electron chi connectivity index (χ0n) is 8.99. The number of rotatable bonds is 2. The lowest BCUT2D eigenvalue weighted by molar-refractivity contribution is 0.374. The molecule has 0 amide bonds. The second-order valence-electron chi connectivity index (χ2n) is 4.25. The van der Waals surface area contributed by atoms with E-state index in [1.54, 1.807) is 19.2 Å². The van der Waals surface area contributed by atoms with Crippen LogP contribution >= 0.6 is 0 Å². The van der Waals surface area contributed by atoms with Crippen molar-refractivity contribution in [3.05, 3.63) is 23.8 Å². The summed E-state index contributed by atoms with van der Waals surface area (Å²) in [5.74, 6) is 0.914. The molecule has 1 aliphatic rings. The van der Waals surface area contributed by atoms with Gasteiger partial charge in [-0.25, -0.2) is 0 Å². The summed E-state index contributed by atoms with van der Waals surface area (Å²) in [6, 6.07) is 5.17. The summed E-state index contributed by atoms with van der Waals surface area (Å²) in [4.78, 5) is 0. The molecule has 82 valence electrons. The maximum Gasteiger partial charge on any atom is 0.127 e. The molecule has 1 aliphatic carbocycles. The van der Waals surface area contributed by atoms with E-state index in [0.717, 1.165) is 18.4 Å². The van der Waals surface area contributed by atoms with E-state index in [-0.39, 0.29) is 11.3 Å². The van der Waals surface area contributed by atoms with Gasteiger partial charge >= 0.3 is 0 Å². The number of phenols is 1. The van der Waals surface area contributed by atoms with Gasteiger partial charge in [-0.15, -0.1) is 0 Å². The highest BCUT2D eigenvalue weighted by Gasteiger charge is 2.33. The van der Waals surface area contributed by atoms with E-state index < -0.39 is 0 Å². The van der Waals surface area contributed by atoms with Gasteiger partial charge in [-0.1, -0.05) is 12.8 Å². The number of hydrogen-bond acceptors (Lipinski definition) is 3. The van der Waals surface area contributed by atoms with Crippen LogP contribution in [0.25, 0.3) is 0 Å². The van der Waals surface area contributed by atoms with Crippen LogP contribution in [0.2, 0.25) is 0 Å². The summed E-state index contributed by atoms with van der Waals surface area (Å²) in [6.45, 7) is 0. The van der Waals surface area contributed by atoms with Crippen LogP contribution in [0.3, 0.4) is 0 Å². The fourth-order valence-corrected chi connectivity index (χ4v) is 2.37. The highest BCUT2D eigenvalue weighted by Crippen LogP contribution is 2.41. The van der Waals surface area contributed by atoms with E-state index in [9.17, 15) is 5.11 Å². The summed E-state index contributed by atoms with van der Waals surface area (Å²) < 4.78 is 5.26. The predicted octanol–water partition coefficient (Wildman–Crippen LogP) is 2.13. The fraction of sp³-hybridized carbons (Fsp3) is 0.500. The largest absolute Gasteiger partial charge is 0.508 e. The van der Waals surface area contributed by atoms with Crippen molar-refractivity contribution >= 4 is 0 Å². The van der Waals surface area contributed by atoms with E-state index >= 15 is 0 Å². The van der Waals surface area contributed by atoms with Crippen LogP contribution in [0, 0.1) is 0 Å². The Kier molecular flexibility index (Phi) is 2.57. The standard InChI is InChI=1S/C12H17NO2/c1-15-11-8-9(14)4-5-10(11)12(13)6-2-3-7-12/h4-5,8,14H,2-3,6-7,13H2,1H3. The summed E-state index contributed by atoms with van der Waals surface area (Å²) in [7, 11) is 1.61. The molecule has 0 aliphatic heterocycles. The van der Waals surface area contributed by atoms with Gasteiger partial charge in [0.1, 0.15) is 11.5 Å². The van der Waals surface area contributed by atoms with E-state index in [1.165, 1.54) is 12.8 Å². The van der Waals surface area contributed by atoms with Gasteiger partial charge in [-0.05, 0) is 25.0 Å². The number of ether oxygens (including phenoxy) is 1. The average molecular weight is 207 g/mol. The number of phenolic OH excluding ortho intramolecular Hbond substituents is 1. The quantitative estimate of drug-likeness (QED) is 0.781. The lowest BCUT2D eigenvalue weighted by Crippen LogP contribution is -2.33. The lowest BCUT2D eigenvalue weighted by Gasteiger charge is -2.26. The molecule has 0 radical (unpaired) electrons. The molecule has 3 heteroatoms. The second-order valence-corrected chi connectivity index (χ2v) is 4.25. The third kappa shape index (κ3) is 1.79. The number of aromatic hydroxyl groups is 1. The highest BCUT2D eigenvalue weighted by molar-refractivity contribution is 5.44. The molecular formula is C12H17NO2. The topological polar surface area (TPSA) is 55.5 Å². The smallest absolute Gasteiger partial charge is 0.127 e. The molecular weight excluding hydrogens is 190 g/mol. The minimum atomic E-state index is -0.265. The Bertz CT molecular complexity index is 357. The Hall–Kier alpha value is -1.22. The molecule has 0 unspecified atom stereocenters. The van der Waals surface area contributed by atoms with Crippen LogP contribution in [0.1, 0.15) is 31.2 Å². The molecule has 0 bridgehead atoms. The Labute approximate surface area is 89.9 Å². The minimum absolute atomic E-state index is 0.220. The fourth-order valence-electron chi connectivity index (χ4n) is 2.37. The molecule has 0 aromatic heterocycles. The van der Waals surface area contributed by atoms with Crippen LogP contribution in [-0.2, 0) is 5.54 Å². The number of methoxy groups -OCH3 is 1. The average Bonchev–Trinajstić information content (AvgIpc) is 2.66. The van der Waals surface area contributed by atoms with Crippen molar-refractivity contribution in [3.8, 4) is 11.5 Å². The summed E-state index contributed by atoms with van der Waals surface area (Å²) in [5.41, 5.74) is 7.09. The van der Waals surface area contributed by atoms with Crippen molar-refractivity contribution in [2.75, 3.05) is 7.11 Å². The second kappa shape index (κ2) is 3.74. The maximum atomic E-state index is 9.37. The van der Waals surface area contributed by atoms with E-state index in [1.807, 2.05) is 6.07 Å². The van der Waals surface area contributed by atoms with Crippen molar-refractivity contribution in [2.45, 2.75) is 31.2 Å². The van der Waals surface area contributed by atoms with Crippen LogP contribution in [0.5, 0.6) is 11.5 Å². The first-order valence-corrected chi connectivity index (χ1v) is 5.32. The summed E-state index contributed by atoms with van der Waals surface area (Å²) >= 11 is 0. The summed E-state index contributed by atoms with van der Waals surface area (Å²) in [5, 5.41) is 9.37. The molecule has 0 spiro atoms.